The Labute approximate surface area is 157 Å². The van der Waals surface area contributed by atoms with Crippen molar-refractivity contribution in [3.8, 4) is 0 Å². The molecule has 26 heavy (non-hydrogen) atoms. The highest BCUT2D eigenvalue weighted by molar-refractivity contribution is 5.48. The van der Waals surface area contributed by atoms with E-state index in [1.807, 2.05) is 11.0 Å². The molecule has 0 N–H and O–H groups in total. The number of allylic oxidation sites excluding steroid dienone is 3. The van der Waals surface area contributed by atoms with Gasteiger partial charge in [-0.1, -0.05) is 13.0 Å². The first kappa shape index (κ1) is 19.6. The molecule has 1 aliphatic carbocycles. The van der Waals surface area contributed by atoms with Crippen molar-refractivity contribution in [3.05, 3.63) is 24.1 Å². The van der Waals surface area contributed by atoms with Crippen molar-refractivity contribution < 1.29 is 13.9 Å². The van der Waals surface area contributed by atoms with E-state index in [4.69, 9.17) is 4.74 Å². The summed E-state index contributed by atoms with van der Waals surface area (Å²) in [6, 6.07) is 0.179. The zero-order valence-corrected chi connectivity index (χ0v) is 16.1. The maximum atomic E-state index is 13.5. The van der Waals surface area contributed by atoms with Gasteiger partial charge in [-0.25, -0.2) is 4.39 Å². The Bertz CT molecular complexity index is 530. The smallest absolute Gasteiger partial charge is 0.209 e. The molecule has 0 aromatic carbocycles. The van der Waals surface area contributed by atoms with Crippen molar-refractivity contribution in [2.24, 2.45) is 23.7 Å². The zero-order valence-electron chi connectivity index (χ0n) is 16.1. The largest absolute Gasteiger partial charge is 0.381 e. The van der Waals surface area contributed by atoms with E-state index >= 15 is 0 Å². The number of rotatable bonds is 6. The molecule has 4 nitrogen and oxygen atoms in total. The van der Waals surface area contributed by atoms with Crippen molar-refractivity contribution in [2.45, 2.75) is 38.6 Å². The fraction of sp³-hybridized carbons (Fsp3) is 0.762. The van der Waals surface area contributed by atoms with Crippen LogP contribution in [0.25, 0.3) is 0 Å². The molecular formula is C21H33FN2O2. The molecule has 3 unspecified atom stereocenters. The second-order valence-corrected chi connectivity index (χ2v) is 8.43. The lowest BCUT2D eigenvalue weighted by molar-refractivity contribution is -0.123. The summed E-state index contributed by atoms with van der Waals surface area (Å²) in [5, 5.41) is 0. The van der Waals surface area contributed by atoms with Crippen LogP contribution in [0, 0.1) is 23.7 Å². The third-order valence-electron chi connectivity index (χ3n) is 6.36. The van der Waals surface area contributed by atoms with Crippen LogP contribution < -0.4 is 0 Å². The normalized spacial score (nSPS) is 33.4. The summed E-state index contributed by atoms with van der Waals surface area (Å²) < 4.78 is 19.0. The lowest BCUT2D eigenvalue weighted by Crippen LogP contribution is -2.49. The molecular weight excluding hydrogens is 331 g/mol. The topological polar surface area (TPSA) is 32.8 Å². The van der Waals surface area contributed by atoms with Gasteiger partial charge < -0.3 is 14.5 Å². The van der Waals surface area contributed by atoms with Gasteiger partial charge in [0, 0.05) is 44.8 Å². The van der Waals surface area contributed by atoms with E-state index in [2.05, 4.69) is 18.9 Å². The Morgan fingerprint density at radius 1 is 1.27 bits per heavy atom. The summed E-state index contributed by atoms with van der Waals surface area (Å²) in [6.07, 6.45) is 10.6. The Balaban J connectivity index is 1.56. The molecule has 2 fully saturated rings. The maximum Gasteiger partial charge on any atom is 0.209 e. The molecule has 2 saturated heterocycles. The van der Waals surface area contributed by atoms with Crippen LogP contribution in [0.5, 0.6) is 0 Å². The van der Waals surface area contributed by atoms with Crippen LogP contribution in [0.3, 0.4) is 0 Å². The van der Waals surface area contributed by atoms with Gasteiger partial charge in [-0.05, 0) is 62.6 Å². The Hall–Kier alpha value is -1.20. The first-order valence-electron chi connectivity index (χ1n) is 10.1. The van der Waals surface area contributed by atoms with Gasteiger partial charge in [0.25, 0.3) is 0 Å². The lowest BCUT2D eigenvalue weighted by atomic mass is 9.77. The van der Waals surface area contributed by atoms with Gasteiger partial charge in [-0.2, -0.15) is 0 Å². The van der Waals surface area contributed by atoms with Crippen molar-refractivity contribution in [2.75, 3.05) is 39.9 Å². The highest BCUT2D eigenvalue weighted by atomic mass is 19.1. The summed E-state index contributed by atoms with van der Waals surface area (Å²) in [6.45, 7) is 6.87. The molecule has 4 atom stereocenters. The number of hydrogen-bond acceptors (Lipinski definition) is 3. The van der Waals surface area contributed by atoms with Crippen LogP contribution in [0.1, 0.15) is 32.6 Å². The quantitative estimate of drug-likeness (QED) is 0.678. The molecule has 0 aromatic rings. The van der Waals surface area contributed by atoms with Crippen molar-refractivity contribution in [1.29, 1.82) is 0 Å². The van der Waals surface area contributed by atoms with Gasteiger partial charge in [-0.3, -0.25) is 4.79 Å². The molecule has 3 aliphatic rings. The second kappa shape index (κ2) is 9.14. The number of piperidine rings is 1. The SMILES string of the molecule is CC1C=C(F)C=CC1C1C[C@@H](CN(C)CC2CCOCC2)CCN1C=O. The molecule has 0 bridgehead atoms. The van der Waals surface area contributed by atoms with Crippen LogP contribution >= 0.6 is 0 Å². The number of ether oxygens (including phenoxy) is 1. The number of nitrogens with zero attached hydrogens (tertiary/aromatic N) is 2. The summed E-state index contributed by atoms with van der Waals surface area (Å²) in [5.74, 6) is 1.52. The summed E-state index contributed by atoms with van der Waals surface area (Å²) in [5.41, 5.74) is 0. The monoisotopic (exact) mass is 364 g/mol. The lowest BCUT2D eigenvalue weighted by Gasteiger charge is -2.43. The highest BCUT2D eigenvalue weighted by Crippen LogP contribution is 2.35. The van der Waals surface area contributed by atoms with E-state index in [1.165, 1.54) is 12.8 Å². The van der Waals surface area contributed by atoms with Crippen molar-refractivity contribution in [3.63, 3.8) is 0 Å². The van der Waals surface area contributed by atoms with Gasteiger partial charge in [0.2, 0.25) is 6.41 Å². The fourth-order valence-electron chi connectivity index (χ4n) is 4.93. The van der Waals surface area contributed by atoms with E-state index in [0.717, 1.165) is 58.0 Å². The standard InChI is InChI=1S/C21H33FN2O2/c1-16-11-19(22)3-4-20(16)21-12-18(5-8-24(21)15-25)14-23(2)13-17-6-9-26-10-7-17/h3-4,11,15-18,20-21H,5-10,12-14H2,1-2H3/t16?,18-,20?,21?/m0/s1. The number of carbonyl (C=O) groups is 1. The first-order valence-corrected chi connectivity index (χ1v) is 10.1. The molecule has 0 spiro atoms. The Morgan fingerprint density at radius 3 is 2.69 bits per heavy atom. The van der Waals surface area contributed by atoms with E-state index in [9.17, 15) is 9.18 Å². The highest BCUT2D eigenvalue weighted by Gasteiger charge is 2.35. The Morgan fingerprint density at radius 2 is 2.00 bits per heavy atom. The molecule has 2 heterocycles. The average Bonchev–Trinajstić information content (AvgIpc) is 2.62. The van der Waals surface area contributed by atoms with Crippen molar-refractivity contribution >= 4 is 6.41 Å². The van der Waals surface area contributed by atoms with Gasteiger partial charge in [0.15, 0.2) is 0 Å². The average molecular weight is 365 g/mol. The molecule has 146 valence electrons. The van der Waals surface area contributed by atoms with Gasteiger partial charge in [-0.15, -0.1) is 0 Å². The maximum absolute atomic E-state index is 13.5. The predicted molar refractivity (Wildman–Crippen MR) is 101 cm³/mol. The molecule has 3 rings (SSSR count). The number of amides is 1. The van der Waals surface area contributed by atoms with E-state index in [1.54, 1.807) is 12.2 Å². The van der Waals surface area contributed by atoms with Crippen molar-refractivity contribution in [1.82, 2.24) is 9.80 Å². The minimum Gasteiger partial charge on any atom is -0.381 e. The number of halogens is 1. The summed E-state index contributed by atoms with van der Waals surface area (Å²) in [7, 11) is 2.22. The Kier molecular flexibility index (Phi) is 6.87. The van der Waals surface area contributed by atoms with Crippen LogP contribution in [0.15, 0.2) is 24.1 Å². The minimum absolute atomic E-state index is 0.131. The molecule has 2 aliphatic heterocycles. The van der Waals surface area contributed by atoms with Gasteiger partial charge in [0.1, 0.15) is 5.83 Å². The summed E-state index contributed by atoms with van der Waals surface area (Å²) in [4.78, 5) is 16.0. The van der Waals surface area contributed by atoms with E-state index < -0.39 is 0 Å². The molecule has 0 aromatic heterocycles. The van der Waals surface area contributed by atoms with Crippen LogP contribution in [0.4, 0.5) is 4.39 Å². The van der Waals surface area contributed by atoms with Crippen LogP contribution in [0.2, 0.25) is 0 Å². The van der Waals surface area contributed by atoms with E-state index in [0.29, 0.717) is 5.92 Å². The number of carbonyl (C=O) groups excluding carboxylic acids is 1. The first-order chi connectivity index (χ1) is 12.6. The van der Waals surface area contributed by atoms with Gasteiger partial charge in [0.05, 0.1) is 0 Å². The number of hydrogen-bond donors (Lipinski definition) is 0. The molecule has 1 amide bonds. The molecule has 0 radical (unpaired) electrons. The van der Waals surface area contributed by atoms with Crippen LogP contribution in [-0.2, 0) is 9.53 Å². The third-order valence-corrected chi connectivity index (χ3v) is 6.36. The fourth-order valence-corrected chi connectivity index (χ4v) is 4.93. The van der Waals surface area contributed by atoms with E-state index in [-0.39, 0.29) is 23.7 Å². The molecule has 0 saturated carbocycles. The van der Waals surface area contributed by atoms with Crippen LogP contribution in [-0.4, -0.2) is 62.1 Å². The predicted octanol–water partition coefficient (Wildman–Crippen LogP) is 3.26. The third kappa shape index (κ3) is 4.95. The zero-order chi connectivity index (χ0) is 18.5. The number of likely N-dealkylation sites (tertiary alicyclic amines) is 1. The van der Waals surface area contributed by atoms with Gasteiger partial charge >= 0.3 is 0 Å². The minimum atomic E-state index is -0.157. The second-order valence-electron chi connectivity index (χ2n) is 8.43. The summed E-state index contributed by atoms with van der Waals surface area (Å²) >= 11 is 0. The molecule has 5 heteroatoms.